The molecular weight excluding hydrogens is 312 g/mol. The Labute approximate surface area is 141 Å². The fraction of sp³-hybridized carbons (Fsp3) is 0.611. The lowest BCUT2D eigenvalue weighted by Gasteiger charge is -2.41. The third kappa shape index (κ3) is 2.63. The minimum absolute atomic E-state index is 0.00942. The molecule has 0 N–H and O–H groups in total. The van der Waals surface area contributed by atoms with Crippen LogP contribution in [0.4, 0.5) is 0 Å². The second-order valence-electron chi connectivity index (χ2n) is 6.39. The average Bonchev–Trinajstić information content (AvgIpc) is 3.38. The van der Waals surface area contributed by atoms with Gasteiger partial charge in [-0.3, -0.25) is 4.79 Å². The zero-order valence-corrected chi connectivity index (χ0v) is 13.8. The van der Waals surface area contributed by atoms with E-state index in [1.807, 2.05) is 37.3 Å². The molecule has 3 fully saturated rings. The molecule has 6 nitrogen and oxygen atoms in total. The molecule has 2 heterocycles. The van der Waals surface area contributed by atoms with E-state index in [-0.39, 0.29) is 35.9 Å². The van der Waals surface area contributed by atoms with Gasteiger partial charge in [0.2, 0.25) is 0 Å². The van der Waals surface area contributed by atoms with Crippen molar-refractivity contribution in [1.82, 2.24) is 0 Å². The summed E-state index contributed by atoms with van der Waals surface area (Å²) in [5.41, 5.74) is 0.967. The Morgan fingerprint density at radius 3 is 2.71 bits per heavy atom. The minimum Gasteiger partial charge on any atom is -0.466 e. The first kappa shape index (κ1) is 16.0. The Bertz CT molecular complexity index is 590. The van der Waals surface area contributed by atoms with Gasteiger partial charge in [0.1, 0.15) is 6.10 Å². The van der Waals surface area contributed by atoms with Crippen molar-refractivity contribution in [3.05, 3.63) is 35.9 Å². The summed E-state index contributed by atoms with van der Waals surface area (Å²) in [5, 5.41) is 0. The van der Waals surface area contributed by atoms with E-state index >= 15 is 0 Å². The number of ether oxygens (including phenoxy) is 5. The summed E-state index contributed by atoms with van der Waals surface area (Å²) < 4.78 is 28.6. The highest BCUT2D eigenvalue weighted by molar-refractivity contribution is 5.77. The van der Waals surface area contributed by atoms with Crippen molar-refractivity contribution in [2.24, 2.45) is 17.8 Å². The van der Waals surface area contributed by atoms with Crippen LogP contribution in [0.15, 0.2) is 30.3 Å². The molecule has 0 aromatic heterocycles. The van der Waals surface area contributed by atoms with Gasteiger partial charge in [0.15, 0.2) is 12.6 Å². The summed E-state index contributed by atoms with van der Waals surface area (Å²) in [5.74, 6) is -0.364. The first-order chi connectivity index (χ1) is 11.7. The quantitative estimate of drug-likeness (QED) is 0.784. The molecule has 1 unspecified atom stereocenters. The van der Waals surface area contributed by atoms with Gasteiger partial charge in [0, 0.05) is 24.5 Å². The third-order valence-corrected chi connectivity index (χ3v) is 5.06. The van der Waals surface area contributed by atoms with E-state index in [0.717, 1.165) is 5.56 Å². The topological polar surface area (TPSA) is 63.2 Å². The molecule has 130 valence electrons. The lowest BCUT2D eigenvalue weighted by Crippen LogP contribution is -2.49. The lowest BCUT2D eigenvalue weighted by atomic mass is 10.0. The van der Waals surface area contributed by atoms with E-state index < -0.39 is 12.6 Å². The van der Waals surface area contributed by atoms with Gasteiger partial charge in [0.25, 0.3) is 0 Å². The molecule has 6 heteroatoms. The van der Waals surface area contributed by atoms with Crippen molar-refractivity contribution in [3.63, 3.8) is 0 Å². The van der Waals surface area contributed by atoms with Crippen LogP contribution in [-0.2, 0) is 28.5 Å². The smallest absolute Gasteiger partial charge is 0.309 e. The van der Waals surface area contributed by atoms with E-state index in [1.165, 1.54) is 0 Å². The summed E-state index contributed by atoms with van der Waals surface area (Å²) in [4.78, 5) is 12.2. The largest absolute Gasteiger partial charge is 0.466 e. The van der Waals surface area contributed by atoms with Crippen LogP contribution in [0.2, 0.25) is 0 Å². The van der Waals surface area contributed by atoms with Crippen LogP contribution in [0, 0.1) is 17.8 Å². The van der Waals surface area contributed by atoms with Crippen molar-refractivity contribution in [2.45, 2.75) is 31.7 Å². The maximum Gasteiger partial charge on any atom is 0.309 e. The van der Waals surface area contributed by atoms with E-state index in [0.29, 0.717) is 13.2 Å². The molecule has 0 bridgehead atoms. The highest BCUT2D eigenvalue weighted by atomic mass is 16.7. The fourth-order valence-corrected chi connectivity index (χ4v) is 3.95. The van der Waals surface area contributed by atoms with Gasteiger partial charge in [-0.05, 0) is 6.92 Å². The van der Waals surface area contributed by atoms with Crippen LogP contribution in [0.5, 0.6) is 0 Å². The molecule has 4 rings (SSSR count). The van der Waals surface area contributed by atoms with Gasteiger partial charge in [-0.25, -0.2) is 0 Å². The average molecular weight is 334 g/mol. The second kappa shape index (κ2) is 6.44. The van der Waals surface area contributed by atoms with Crippen molar-refractivity contribution in [1.29, 1.82) is 0 Å². The first-order valence-electron chi connectivity index (χ1n) is 8.41. The van der Waals surface area contributed by atoms with Gasteiger partial charge < -0.3 is 23.7 Å². The summed E-state index contributed by atoms with van der Waals surface area (Å²) in [6.45, 7) is 2.61. The van der Waals surface area contributed by atoms with Crippen LogP contribution in [0.25, 0.3) is 0 Å². The van der Waals surface area contributed by atoms with Gasteiger partial charge >= 0.3 is 5.97 Å². The molecule has 24 heavy (non-hydrogen) atoms. The molecule has 2 saturated heterocycles. The predicted octanol–water partition coefficient (Wildman–Crippen LogP) is 1.90. The van der Waals surface area contributed by atoms with E-state index in [4.69, 9.17) is 23.7 Å². The molecule has 7 atom stereocenters. The standard InChI is InChI=1S/C18H22O6/c1-3-21-16(19)13-12-14(13)18(20-2)23-11-9-22-17(24-15(11)12)10-7-5-4-6-8-10/h4-8,11-15,17-18H,3,9H2,1-2H3/t11-,12?,13-,14-,15-,17-,18+/m1/s1. The van der Waals surface area contributed by atoms with E-state index in [1.54, 1.807) is 7.11 Å². The molecule has 1 saturated carbocycles. The Balaban J connectivity index is 1.52. The number of hydrogen-bond acceptors (Lipinski definition) is 6. The normalized spacial score (nSPS) is 40.3. The van der Waals surface area contributed by atoms with Crippen molar-refractivity contribution < 1.29 is 28.5 Å². The van der Waals surface area contributed by atoms with Crippen LogP contribution in [0.3, 0.4) is 0 Å². The van der Waals surface area contributed by atoms with Gasteiger partial charge in [-0.15, -0.1) is 0 Å². The summed E-state index contributed by atoms with van der Waals surface area (Å²) >= 11 is 0. The van der Waals surface area contributed by atoms with Crippen LogP contribution >= 0.6 is 0 Å². The molecular formula is C18H22O6. The van der Waals surface area contributed by atoms with Crippen molar-refractivity contribution >= 4 is 5.97 Å². The summed E-state index contributed by atoms with van der Waals surface area (Å²) in [7, 11) is 1.60. The molecule has 2 aliphatic heterocycles. The number of rotatable bonds is 4. The molecule has 0 radical (unpaired) electrons. The summed E-state index contributed by atoms with van der Waals surface area (Å²) in [6.07, 6.45) is -1.25. The fourth-order valence-electron chi connectivity index (χ4n) is 3.95. The molecule has 1 aliphatic carbocycles. The predicted molar refractivity (Wildman–Crippen MR) is 82.8 cm³/mol. The number of hydrogen-bond donors (Lipinski definition) is 0. The van der Waals surface area contributed by atoms with Gasteiger partial charge in [0.05, 0.1) is 25.2 Å². The van der Waals surface area contributed by atoms with E-state index in [2.05, 4.69) is 0 Å². The number of carbonyl (C=O) groups is 1. The van der Waals surface area contributed by atoms with Crippen molar-refractivity contribution in [2.75, 3.05) is 20.3 Å². The maximum atomic E-state index is 12.2. The number of fused-ring (bicyclic) bond motifs is 3. The van der Waals surface area contributed by atoms with Crippen LogP contribution in [-0.4, -0.2) is 44.8 Å². The van der Waals surface area contributed by atoms with Gasteiger partial charge in [-0.2, -0.15) is 0 Å². The number of methoxy groups -OCH3 is 1. The van der Waals surface area contributed by atoms with Crippen LogP contribution in [0.1, 0.15) is 18.8 Å². The molecule has 1 aromatic carbocycles. The SMILES string of the molecule is CCOC(=O)[C@@H]1C2[C@H]1[C@@H](OC)O[C@@H]1CO[C@@H](c3ccccc3)O[C@@H]21. The highest BCUT2D eigenvalue weighted by Crippen LogP contribution is 2.58. The van der Waals surface area contributed by atoms with Gasteiger partial charge in [-0.1, -0.05) is 30.3 Å². The first-order valence-corrected chi connectivity index (χ1v) is 8.41. The molecule has 0 spiro atoms. The number of esters is 1. The molecule has 1 aromatic rings. The number of benzene rings is 1. The zero-order chi connectivity index (χ0) is 16.7. The Hall–Kier alpha value is -1.47. The Morgan fingerprint density at radius 1 is 1.21 bits per heavy atom. The molecule has 3 aliphatic rings. The highest BCUT2D eigenvalue weighted by Gasteiger charge is 2.69. The maximum absolute atomic E-state index is 12.2. The van der Waals surface area contributed by atoms with Crippen LogP contribution < -0.4 is 0 Å². The monoisotopic (exact) mass is 334 g/mol. The number of carbonyl (C=O) groups excluding carboxylic acids is 1. The van der Waals surface area contributed by atoms with Crippen molar-refractivity contribution in [3.8, 4) is 0 Å². The van der Waals surface area contributed by atoms with E-state index in [9.17, 15) is 4.79 Å². The second-order valence-corrected chi connectivity index (χ2v) is 6.39. The minimum atomic E-state index is -0.431. The third-order valence-electron chi connectivity index (χ3n) is 5.06. The zero-order valence-electron chi connectivity index (χ0n) is 13.8. The summed E-state index contributed by atoms with van der Waals surface area (Å²) in [6, 6.07) is 9.80. The Morgan fingerprint density at radius 2 is 2.00 bits per heavy atom. The Kier molecular flexibility index (Phi) is 4.30. The molecule has 0 amide bonds. The lowest BCUT2D eigenvalue weighted by molar-refractivity contribution is -0.316.